The normalized spacial score (nSPS) is 22.0. The Labute approximate surface area is 238 Å². The van der Waals surface area contributed by atoms with E-state index in [4.69, 9.17) is 9.15 Å². The third-order valence-electron chi connectivity index (χ3n) is 8.30. The molecule has 1 saturated carbocycles. The molecule has 4 heterocycles. The van der Waals surface area contributed by atoms with Crippen molar-refractivity contribution in [3.8, 4) is 5.75 Å². The quantitative estimate of drug-likeness (QED) is 0.332. The number of piperidine rings is 1. The van der Waals surface area contributed by atoms with Crippen molar-refractivity contribution in [1.29, 1.82) is 0 Å². The Bertz CT molecular complexity index is 1420. The molecule has 2 aliphatic heterocycles. The number of likely N-dealkylation sites (tertiary alicyclic amines) is 1. The van der Waals surface area contributed by atoms with Gasteiger partial charge in [0, 0.05) is 70.1 Å². The van der Waals surface area contributed by atoms with Gasteiger partial charge in [-0.3, -0.25) is 14.5 Å². The summed E-state index contributed by atoms with van der Waals surface area (Å²) in [6, 6.07) is 7.97. The van der Waals surface area contributed by atoms with Gasteiger partial charge in [0.2, 0.25) is 5.91 Å². The summed E-state index contributed by atoms with van der Waals surface area (Å²) in [4.78, 5) is 40.8. The lowest BCUT2D eigenvalue weighted by molar-refractivity contribution is -0.128. The molecule has 1 saturated heterocycles. The Balaban J connectivity index is 0.942. The molecule has 216 valence electrons. The van der Waals surface area contributed by atoms with E-state index in [-0.39, 0.29) is 30.1 Å². The average Bonchev–Trinajstić information content (AvgIpc) is 3.28. The number of aliphatic hydroxyl groups is 1. The van der Waals surface area contributed by atoms with Gasteiger partial charge in [-0.15, -0.1) is 0 Å². The number of carbonyl (C=O) groups is 2. The van der Waals surface area contributed by atoms with E-state index in [1.807, 2.05) is 17.9 Å². The van der Waals surface area contributed by atoms with Crippen LogP contribution in [0, 0.1) is 18.8 Å². The van der Waals surface area contributed by atoms with E-state index in [0.29, 0.717) is 30.8 Å². The first-order valence-electron chi connectivity index (χ1n) is 14.0. The maximum atomic E-state index is 12.7. The second kappa shape index (κ2) is 11.5. The number of amides is 2. The number of hydrogen-bond acceptors (Lipinski definition) is 10. The second-order valence-electron chi connectivity index (χ2n) is 11.1. The highest BCUT2D eigenvalue weighted by Crippen LogP contribution is 2.47. The number of nitrogens with one attached hydrogen (secondary N) is 2. The van der Waals surface area contributed by atoms with Crippen LogP contribution in [0.2, 0.25) is 0 Å². The summed E-state index contributed by atoms with van der Waals surface area (Å²) in [5.41, 5.74) is 3.50. The van der Waals surface area contributed by atoms with Crippen molar-refractivity contribution >= 4 is 17.6 Å². The monoisotopic (exact) mass is 561 g/mol. The number of aliphatic hydroxyl groups excluding tert-OH is 1. The van der Waals surface area contributed by atoms with Crippen molar-refractivity contribution in [3.63, 3.8) is 0 Å². The van der Waals surface area contributed by atoms with Crippen LogP contribution in [0.1, 0.15) is 40.0 Å². The number of oxazole rings is 1. The molecule has 3 aromatic rings. The van der Waals surface area contributed by atoms with Gasteiger partial charge in [-0.1, -0.05) is 6.07 Å². The number of carbonyl (C=O) groups excluding carboxylic acids is 2. The molecule has 0 unspecified atom stereocenters. The number of aryl methyl sites for hydroxylation is 1. The van der Waals surface area contributed by atoms with E-state index in [1.54, 1.807) is 13.0 Å². The summed E-state index contributed by atoms with van der Waals surface area (Å²) >= 11 is 0. The van der Waals surface area contributed by atoms with Gasteiger partial charge in [0.15, 0.2) is 12.2 Å². The minimum Gasteiger partial charge on any atom is -0.486 e. The summed E-state index contributed by atoms with van der Waals surface area (Å²) < 4.78 is 11.2. The van der Waals surface area contributed by atoms with Gasteiger partial charge in [-0.2, -0.15) is 0 Å². The molecule has 12 heteroatoms. The molecule has 6 rings (SSSR count). The average molecular weight is 562 g/mol. The van der Waals surface area contributed by atoms with Crippen LogP contribution >= 0.6 is 0 Å². The summed E-state index contributed by atoms with van der Waals surface area (Å²) in [5, 5.41) is 16.8. The van der Waals surface area contributed by atoms with Gasteiger partial charge in [0.05, 0.1) is 11.8 Å². The molecule has 1 aromatic carbocycles. The third-order valence-corrected chi connectivity index (χ3v) is 8.30. The van der Waals surface area contributed by atoms with Crippen LogP contribution in [-0.2, 0) is 24.4 Å². The molecule has 0 bridgehead atoms. The van der Waals surface area contributed by atoms with Crippen LogP contribution in [0.5, 0.6) is 5.75 Å². The van der Waals surface area contributed by atoms with Crippen LogP contribution in [0.15, 0.2) is 41.4 Å². The van der Waals surface area contributed by atoms with E-state index in [9.17, 15) is 14.7 Å². The van der Waals surface area contributed by atoms with E-state index in [0.717, 1.165) is 49.8 Å². The zero-order chi connectivity index (χ0) is 28.5. The van der Waals surface area contributed by atoms with Crippen LogP contribution < -0.4 is 15.4 Å². The molecule has 4 atom stereocenters. The lowest BCUT2D eigenvalue weighted by atomic mass is 9.99. The molecule has 1 aliphatic carbocycles. The van der Waals surface area contributed by atoms with Gasteiger partial charge in [0.25, 0.3) is 5.91 Å². The zero-order valence-electron chi connectivity index (χ0n) is 23.2. The predicted octanol–water partition coefficient (Wildman–Crippen LogP) is 1.39. The number of benzene rings is 1. The summed E-state index contributed by atoms with van der Waals surface area (Å²) in [5.74, 6) is 2.70. The summed E-state index contributed by atoms with van der Waals surface area (Å²) in [7, 11) is 0. The van der Waals surface area contributed by atoms with Crippen molar-refractivity contribution in [1.82, 2.24) is 30.1 Å². The number of aromatic nitrogens is 3. The first-order valence-corrected chi connectivity index (χ1v) is 14.0. The molecular weight excluding hydrogens is 526 g/mol. The Hall–Kier alpha value is -4.03. The van der Waals surface area contributed by atoms with Crippen LogP contribution in [0.25, 0.3) is 0 Å². The number of nitrogens with zero attached hydrogens (tertiary/aromatic N) is 5. The topological polar surface area (TPSA) is 146 Å². The van der Waals surface area contributed by atoms with Gasteiger partial charge >= 0.3 is 0 Å². The molecule has 12 nitrogen and oxygen atoms in total. The second-order valence-corrected chi connectivity index (χ2v) is 11.1. The minimum atomic E-state index is -0.720. The van der Waals surface area contributed by atoms with Crippen LogP contribution in [0.3, 0.4) is 0 Å². The highest BCUT2D eigenvalue weighted by Gasteiger charge is 2.56. The molecule has 0 spiro atoms. The SMILES string of the molecule is CC(=O)N1C[C@@H]2[C@H](C1)[C@@H]2Nc1cc(C(=O)NC[C@H](O)CN2CCc3cc(OCc4ocnc4C)ccc3C2)ncn1. The maximum absolute atomic E-state index is 12.7. The van der Waals surface area contributed by atoms with E-state index >= 15 is 0 Å². The molecule has 3 N–H and O–H groups in total. The minimum absolute atomic E-state index is 0.110. The van der Waals surface area contributed by atoms with Crippen molar-refractivity contribution in [2.45, 2.75) is 45.6 Å². The molecule has 3 aliphatic rings. The summed E-state index contributed by atoms with van der Waals surface area (Å²) in [6.45, 7) is 7.43. The molecule has 41 heavy (non-hydrogen) atoms. The Morgan fingerprint density at radius 3 is 2.76 bits per heavy atom. The van der Waals surface area contributed by atoms with E-state index < -0.39 is 6.10 Å². The molecule has 0 radical (unpaired) electrons. The highest BCUT2D eigenvalue weighted by molar-refractivity contribution is 5.92. The number of hydrogen-bond donors (Lipinski definition) is 3. The lowest BCUT2D eigenvalue weighted by Crippen LogP contribution is -2.42. The predicted molar refractivity (Wildman–Crippen MR) is 148 cm³/mol. The number of β-amino-alcohol motifs (C(OH)–C–C–N with tert-alkyl or cyclic N) is 1. The largest absolute Gasteiger partial charge is 0.486 e. The molecule has 2 amide bonds. The van der Waals surface area contributed by atoms with Gasteiger partial charge in [-0.25, -0.2) is 15.0 Å². The van der Waals surface area contributed by atoms with Crippen molar-refractivity contribution in [2.75, 3.05) is 38.0 Å². The first kappa shape index (κ1) is 27.2. The lowest BCUT2D eigenvalue weighted by Gasteiger charge is -2.30. The van der Waals surface area contributed by atoms with E-state index in [2.05, 4.69) is 42.6 Å². The van der Waals surface area contributed by atoms with Crippen molar-refractivity contribution < 1.29 is 23.8 Å². The molecular formula is C29H35N7O5. The molecule has 2 aromatic heterocycles. The number of rotatable bonds is 10. The standard InChI is InChI=1S/C29H35N7O5/c1-17-26(41-16-33-17)14-40-22-4-3-20-10-35(6-5-19(20)7-22)11-21(38)9-30-29(39)25-8-27(32-15-31-25)34-28-23-12-36(18(2)37)13-24(23)28/h3-4,7-8,15-16,21,23-24,28,38H,5-6,9-14H2,1-2H3,(H,30,39)(H,31,32,34)/t21-,23-,24+,28-/m0/s1. The Morgan fingerprint density at radius 2 is 2.00 bits per heavy atom. The Morgan fingerprint density at radius 1 is 1.17 bits per heavy atom. The third kappa shape index (κ3) is 6.18. The number of fused-ring (bicyclic) bond motifs is 2. The van der Waals surface area contributed by atoms with E-state index in [1.165, 1.54) is 23.8 Å². The fourth-order valence-electron chi connectivity index (χ4n) is 5.84. The summed E-state index contributed by atoms with van der Waals surface area (Å²) in [6.07, 6.45) is 2.91. The Kier molecular flexibility index (Phi) is 7.59. The first-order chi connectivity index (χ1) is 19.8. The fourth-order valence-corrected chi connectivity index (χ4v) is 5.84. The maximum Gasteiger partial charge on any atom is 0.270 e. The van der Waals surface area contributed by atoms with Gasteiger partial charge in [-0.05, 0) is 36.6 Å². The van der Waals surface area contributed by atoms with Crippen molar-refractivity contribution in [3.05, 3.63) is 65.3 Å². The van der Waals surface area contributed by atoms with Crippen molar-refractivity contribution in [2.24, 2.45) is 11.8 Å². The number of anilines is 1. The highest BCUT2D eigenvalue weighted by atomic mass is 16.5. The number of ether oxygens (including phenoxy) is 1. The fraction of sp³-hybridized carbons (Fsp3) is 0.483. The molecule has 2 fully saturated rings. The zero-order valence-corrected chi connectivity index (χ0v) is 23.2. The van der Waals surface area contributed by atoms with Gasteiger partial charge in [0.1, 0.15) is 30.2 Å². The van der Waals surface area contributed by atoms with Crippen LogP contribution in [0.4, 0.5) is 5.82 Å². The smallest absolute Gasteiger partial charge is 0.270 e. The van der Waals surface area contributed by atoms with Crippen LogP contribution in [-0.4, -0.2) is 86.5 Å². The van der Waals surface area contributed by atoms with Gasteiger partial charge < -0.3 is 29.8 Å².